The fourth-order valence-corrected chi connectivity index (χ4v) is 3.67. The zero-order valence-electron chi connectivity index (χ0n) is 17.9. The number of hydrogen-bond acceptors (Lipinski definition) is 8. The number of hydrazine groups is 1. The minimum absolute atomic E-state index is 0.0383. The fraction of sp³-hybridized carbons (Fsp3) is 0.182. The first-order valence-electron chi connectivity index (χ1n) is 9.81. The normalized spacial score (nSPS) is 10.4. The Hall–Kier alpha value is -3.99. The molecular weight excluding hydrogens is 446 g/mol. The van der Waals surface area contributed by atoms with E-state index in [4.69, 9.17) is 4.74 Å². The third-order valence-electron chi connectivity index (χ3n) is 4.28. The summed E-state index contributed by atoms with van der Waals surface area (Å²) in [7, 11) is 0. The molecule has 3 aromatic rings. The second kappa shape index (κ2) is 11.0. The number of nitrogens with one attached hydrogen (secondary N) is 2. The highest BCUT2D eigenvalue weighted by Gasteiger charge is 2.15. The molecule has 3 rings (SSSR count). The summed E-state index contributed by atoms with van der Waals surface area (Å²) in [6.45, 7) is 3.34. The van der Waals surface area contributed by atoms with Crippen LogP contribution in [-0.4, -0.2) is 33.3 Å². The minimum atomic E-state index is -0.664. The summed E-state index contributed by atoms with van der Waals surface area (Å²) < 4.78 is 5.17. The fourth-order valence-electron chi connectivity index (χ4n) is 2.77. The number of carbonyl (C=O) groups excluding carboxylic acids is 2. The number of carbonyl (C=O) groups is 2. The van der Waals surface area contributed by atoms with Crippen molar-refractivity contribution >= 4 is 29.3 Å². The van der Waals surface area contributed by atoms with Gasteiger partial charge in [0.05, 0.1) is 4.92 Å². The summed E-state index contributed by atoms with van der Waals surface area (Å²) in [5.74, 6) is -0.567. The molecule has 10 nitrogen and oxygen atoms in total. The van der Waals surface area contributed by atoms with Gasteiger partial charge in [0.25, 0.3) is 11.8 Å². The van der Waals surface area contributed by atoms with E-state index >= 15 is 0 Å². The van der Waals surface area contributed by atoms with Gasteiger partial charge in [-0.25, -0.2) is 9.97 Å². The smallest absolute Gasteiger partial charge is 0.310 e. The zero-order chi connectivity index (χ0) is 23.8. The lowest BCUT2D eigenvalue weighted by atomic mass is 10.1. The van der Waals surface area contributed by atoms with E-state index in [0.29, 0.717) is 16.5 Å². The van der Waals surface area contributed by atoms with Gasteiger partial charge in [0, 0.05) is 28.8 Å². The highest BCUT2D eigenvalue weighted by Crippen LogP contribution is 2.25. The summed E-state index contributed by atoms with van der Waals surface area (Å²) in [6, 6.07) is 14.5. The summed E-state index contributed by atoms with van der Waals surface area (Å²) in [5.41, 5.74) is 7.41. The molecule has 0 aliphatic heterocycles. The highest BCUT2D eigenvalue weighted by molar-refractivity contribution is 7.98. The van der Waals surface area contributed by atoms with Crippen LogP contribution in [0.4, 0.5) is 5.69 Å². The number of aryl methyl sites for hydroxylation is 2. The van der Waals surface area contributed by atoms with Crippen LogP contribution in [0.25, 0.3) is 0 Å². The molecule has 0 aliphatic carbocycles. The van der Waals surface area contributed by atoms with Gasteiger partial charge in [0.15, 0.2) is 17.5 Å². The number of nitro groups is 1. The van der Waals surface area contributed by atoms with Gasteiger partial charge in [-0.05, 0) is 43.7 Å². The van der Waals surface area contributed by atoms with E-state index in [9.17, 15) is 19.7 Å². The monoisotopic (exact) mass is 467 g/mol. The third-order valence-corrected chi connectivity index (χ3v) is 5.20. The highest BCUT2D eigenvalue weighted by atomic mass is 32.2. The zero-order valence-corrected chi connectivity index (χ0v) is 18.7. The van der Waals surface area contributed by atoms with E-state index in [1.807, 2.05) is 32.0 Å². The molecule has 0 fully saturated rings. The van der Waals surface area contributed by atoms with Crippen LogP contribution in [0.1, 0.15) is 27.3 Å². The molecule has 0 saturated carbocycles. The SMILES string of the molecule is Cc1cc(C)nc(SCc2ccc(C(=O)NNC(=O)COc3ccccc3[N+](=O)[O-])cc2)n1. The molecule has 0 aliphatic rings. The van der Waals surface area contributed by atoms with Gasteiger partial charge in [-0.15, -0.1) is 0 Å². The number of aromatic nitrogens is 2. The van der Waals surface area contributed by atoms with Crippen LogP contribution in [0.3, 0.4) is 0 Å². The number of hydrogen-bond donors (Lipinski definition) is 2. The molecule has 0 bridgehead atoms. The molecule has 0 unspecified atom stereocenters. The van der Waals surface area contributed by atoms with Crippen LogP contribution in [0.2, 0.25) is 0 Å². The predicted octanol–water partition coefficient (Wildman–Crippen LogP) is 3.13. The van der Waals surface area contributed by atoms with E-state index in [1.165, 1.54) is 30.0 Å². The van der Waals surface area contributed by atoms with Gasteiger partial charge < -0.3 is 4.74 Å². The lowest BCUT2D eigenvalue weighted by Crippen LogP contribution is -2.43. The van der Waals surface area contributed by atoms with Crippen LogP contribution in [0.15, 0.2) is 59.8 Å². The first-order valence-corrected chi connectivity index (χ1v) is 10.8. The summed E-state index contributed by atoms with van der Waals surface area (Å²) in [5, 5.41) is 11.7. The maximum Gasteiger partial charge on any atom is 0.310 e. The minimum Gasteiger partial charge on any atom is -0.477 e. The molecular formula is C22H21N5O5S. The lowest BCUT2D eigenvalue weighted by molar-refractivity contribution is -0.385. The molecule has 2 amide bonds. The number of nitro benzene ring substituents is 1. The molecule has 0 saturated heterocycles. The molecule has 11 heteroatoms. The lowest BCUT2D eigenvalue weighted by Gasteiger charge is -2.09. The van der Waals surface area contributed by atoms with Gasteiger partial charge in [0.2, 0.25) is 0 Å². The van der Waals surface area contributed by atoms with Gasteiger partial charge in [-0.3, -0.25) is 30.6 Å². The van der Waals surface area contributed by atoms with Gasteiger partial charge in [0.1, 0.15) is 0 Å². The van der Waals surface area contributed by atoms with Crippen molar-refractivity contribution in [3.63, 3.8) is 0 Å². The number of ether oxygens (including phenoxy) is 1. The average Bonchev–Trinajstić information content (AvgIpc) is 2.79. The van der Waals surface area contributed by atoms with Crippen LogP contribution < -0.4 is 15.6 Å². The molecule has 2 N–H and O–H groups in total. The standard InChI is InChI=1S/C22H21N5O5S/c1-14-11-15(2)24-22(23-14)33-13-16-7-9-17(10-8-16)21(29)26-25-20(28)12-32-19-6-4-3-5-18(19)27(30)31/h3-11H,12-13H2,1-2H3,(H,25,28)(H,26,29). The number of thioether (sulfide) groups is 1. The predicted molar refractivity (Wildman–Crippen MR) is 122 cm³/mol. The molecule has 170 valence electrons. The van der Waals surface area contributed by atoms with E-state index in [0.717, 1.165) is 17.0 Å². The quantitative estimate of drug-likeness (QED) is 0.223. The van der Waals surface area contributed by atoms with Crippen molar-refractivity contribution in [2.24, 2.45) is 0 Å². The van der Waals surface area contributed by atoms with Crippen molar-refractivity contribution in [1.82, 2.24) is 20.8 Å². The molecule has 1 heterocycles. The van der Waals surface area contributed by atoms with Gasteiger partial charge in [-0.2, -0.15) is 0 Å². The number of para-hydroxylation sites is 2. The topological polar surface area (TPSA) is 136 Å². The van der Waals surface area contributed by atoms with Crippen LogP contribution in [0.5, 0.6) is 5.75 Å². The molecule has 33 heavy (non-hydrogen) atoms. The van der Waals surface area contributed by atoms with Crippen LogP contribution >= 0.6 is 11.8 Å². The molecule has 2 aromatic carbocycles. The van der Waals surface area contributed by atoms with Gasteiger partial charge in [-0.1, -0.05) is 36.0 Å². The average molecular weight is 468 g/mol. The van der Waals surface area contributed by atoms with E-state index in [1.54, 1.807) is 18.2 Å². The summed E-state index contributed by atoms with van der Waals surface area (Å²) in [6.07, 6.45) is 0. The Labute approximate surface area is 193 Å². The Balaban J connectivity index is 1.46. The van der Waals surface area contributed by atoms with Crippen molar-refractivity contribution in [2.45, 2.75) is 24.8 Å². The number of rotatable bonds is 8. The second-order valence-corrected chi connectivity index (χ2v) is 7.88. The maximum atomic E-state index is 12.3. The molecule has 0 atom stereocenters. The maximum absolute atomic E-state index is 12.3. The van der Waals surface area contributed by atoms with E-state index in [2.05, 4.69) is 20.8 Å². The van der Waals surface area contributed by atoms with Crippen molar-refractivity contribution in [1.29, 1.82) is 0 Å². The van der Waals surface area contributed by atoms with Crippen molar-refractivity contribution in [3.05, 3.63) is 87.2 Å². The number of nitrogens with zero attached hydrogens (tertiary/aromatic N) is 3. The number of amides is 2. The largest absolute Gasteiger partial charge is 0.477 e. The Bertz CT molecular complexity index is 1150. The van der Waals surface area contributed by atoms with Crippen molar-refractivity contribution < 1.29 is 19.2 Å². The first-order chi connectivity index (χ1) is 15.8. The van der Waals surface area contributed by atoms with Crippen LogP contribution in [0, 0.1) is 24.0 Å². The van der Waals surface area contributed by atoms with Crippen molar-refractivity contribution in [2.75, 3.05) is 6.61 Å². The first kappa shape index (κ1) is 23.7. The van der Waals surface area contributed by atoms with Gasteiger partial charge >= 0.3 is 5.69 Å². The summed E-state index contributed by atoms with van der Waals surface area (Å²) >= 11 is 1.50. The van der Waals surface area contributed by atoms with Crippen LogP contribution in [-0.2, 0) is 10.5 Å². The summed E-state index contributed by atoms with van der Waals surface area (Å²) in [4.78, 5) is 43.3. The Morgan fingerprint density at radius 2 is 1.70 bits per heavy atom. The Kier molecular flexibility index (Phi) is 7.92. The third kappa shape index (κ3) is 7.01. The number of benzene rings is 2. The Morgan fingerprint density at radius 3 is 2.36 bits per heavy atom. The van der Waals surface area contributed by atoms with E-state index in [-0.39, 0.29) is 11.4 Å². The second-order valence-electron chi connectivity index (χ2n) is 6.93. The Morgan fingerprint density at radius 1 is 1.03 bits per heavy atom. The molecule has 0 spiro atoms. The van der Waals surface area contributed by atoms with E-state index < -0.39 is 23.3 Å². The molecule has 0 radical (unpaired) electrons. The molecule has 1 aromatic heterocycles. The van der Waals surface area contributed by atoms with Crippen molar-refractivity contribution in [3.8, 4) is 5.75 Å².